The second kappa shape index (κ2) is 3.78. The van der Waals surface area contributed by atoms with Crippen LogP contribution < -0.4 is 0 Å². The molecule has 1 unspecified atom stereocenters. The number of aliphatic hydroxyl groups excluding tert-OH is 1. The van der Waals surface area contributed by atoms with Gasteiger partial charge in [0.25, 0.3) is 0 Å². The van der Waals surface area contributed by atoms with Crippen molar-refractivity contribution in [2.75, 3.05) is 0 Å². The van der Waals surface area contributed by atoms with Gasteiger partial charge in [-0.15, -0.1) is 0 Å². The lowest BCUT2D eigenvalue weighted by Gasteiger charge is -1.97. The molecule has 0 aromatic rings. The van der Waals surface area contributed by atoms with Crippen LogP contribution >= 0.6 is 0 Å². The van der Waals surface area contributed by atoms with E-state index in [2.05, 4.69) is 0 Å². The Balaban J connectivity index is 3.49. The molecule has 0 aromatic carbocycles. The summed E-state index contributed by atoms with van der Waals surface area (Å²) in [6.07, 6.45) is -2.49. The lowest BCUT2D eigenvalue weighted by molar-refractivity contribution is -0.571. The number of nitro groups is 1. The van der Waals surface area contributed by atoms with E-state index >= 15 is 0 Å². The Bertz CT molecular complexity index is 145. The molecular formula is C4H7NO5. The summed E-state index contributed by atoms with van der Waals surface area (Å²) in [6.45, 7) is 0. The van der Waals surface area contributed by atoms with Gasteiger partial charge in [-0.2, -0.15) is 0 Å². The maximum atomic E-state index is 9.79. The van der Waals surface area contributed by atoms with Crippen molar-refractivity contribution in [1.82, 2.24) is 0 Å². The first kappa shape index (κ1) is 8.83. The lowest BCUT2D eigenvalue weighted by Crippen LogP contribution is -2.19. The first-order chi connectivity index (χ1) is 4.54. The highest BCUT2D eigenvalue weighted by Gasteiger charge is 2.15. The smallest absolute Gasteiger partial charge is 0.313 e. The fraction of sp³-hybridized carbons (Fsp3) is 0.750. The monoisotopic (exact) mass is 149 g/mol. The van der Waals surface area contributed by atoms with E-state index in [0.717, 1.165) is 0 Å². The molecule has 1 atom stereocenters. The fourth-order valence-electron chi connectivity index (χ4n) is 0.358. The number of carboxylic acid groups (broad SMARTS) is 1. The summed E-state index contributed by atoms with van der Waals surface area (Å²) >= 11 is 0. The average molecular weight is 149 g/mol. The molecule has 6 heteroatoms. The quantitative estimate of drug-likeness (QED) is 0.317. The lowest BCUT2D eigenvalue weighted by atomic mass is 10.3. The molecule has 0 saturated heterocycles. The molecule has 58 valence electrons. The number of aliphatic carboxylic acids is 1. The highest BCUT2D eigenvalue weighted by Crippen LogP contribution is 1.96. The van der Waals surface area contributed by atoms with E-state index in [4.69, 9.17) is 10.2 Å². The van der Waals surface area contributed by atoms with Gasteiger partial charge in [-0.25, -0.2) is 0 Å². The number of aliphatic hydroxyl groups is 1. The minimum absolute atomic E-state index is 0.345. The van der Waals surface area contributed by atoms with Gasteiger partial charge in [-0.3, -0.25) is 14.9 Å². The molecule has 0 aromatic heterocycles. The number of carboxylic acids is 1. The third-order valence-electron chi connectivity index (χ3n) is 0.860. The van der Waals surface area contributed by atoms with Crippen LogP contribution in [0.4, 0.5) is 0 Å². The highest BCUT2D eigenvalue weighted by atomic mass is 16.7. The van der Waals surface area contributed by atoms with E-state index in [-0.39, 0.29) is 12.8 Å². The molecule has 6 nitrogen and oxygen atoms in total. The third kappa shape index (κ3) is 3.79. The summed E-state index contributed by atoms with van der Waals surface area (Å²) in [7, 11) is 0. The molecule has 0 bridgehead atoms. The molecule has 0 heterocycles. The van der Waals surface area contributed by atoms with E-state index in [0.29, 0.717) is 0 Å². The van der Waals surface area contributed by atoms with Crippen molar-refractivity contribution in [2.45, 2.75) is 19.1 Å². The summed E-state index contributed by atoms with van der Waals surface area (Å²) in [6, 6.07) is 0. The van der Waals surface area contributed by atoms with Crippen LogP contribution in [-0.4, -0.2) is 27.3 Å². The van der Waals surface area contributed by atoms with E-state index in [1.807, 2.05) is 0 Å². The molecule has 0 fully saturated rings. The molecule has 0 aliphatic heterocycles. The Labute approximate surface area is 56.2 Å². The van der Waals surface area contributed by atoms with Crippen molar-refractivity contribution >= 4 is 5.97 Å². The van der Waals surface area contributed by atoms with Crippen molar-refractivity contribution in [3.8, 4) is 0 Å². The predicted octanol–water partition coefficient (Wildman–Crippen LogP) is -0.554. The van der Waals surface area contributed by atoms with Gasteiger partial charge >= 0.3 is 12.2 Å². The van der Waals surface area contributed by atoms with Gasteiger partial charge in [0.2, 0.25) is 0 Å². The second-order valence-corrected chi connectivity index (χ2v) is 1.70. The van der Waals surface area contributed by atoms with Crippen LogP contribution in [0.5, 0.6) is 0 Å². The molecule has 0 radical (unpaired) electrons. The summed E-state index contributed by atoms with van der Waals surface area (Å²) < 4.78 is 0. The second-order valence-electron chi connectivity index (χ2n) is 1.70. The van der Waals surface area contributed by atoms with Gasteiger partial charge < -0.3 is 10.2 Å². The van der Waals surface area contributed by atoms with Crippen molar-refractivity contribution in [3.63, 3.8) is 0 Å². The zero-order valence-electron chi connectivity index (χ0n) is 5.06. The fourth-order valence-corrected chi connectivity index (χ4v) is 0.358. The van der Waals surface area contributed by atoms with Crippen molar-refractivity contribution in [1.29, 1.82) is 0 Å². The molecule has 0 rings (SSSR count). The van der Waals surface area contributed by atoms with Gasteiger partial charge in [0.1, 0.15) is 0 Å². The summed E-state index contributed by atoms with van der Waals surface area (Å²) in [5, 5.41) is 26.1. The molecular weight excluding hydrogens is 142 g/mol. The van der Waals surface area contributed by atoms with Gasteiger partial charge in [0, 0.05) is 0 Å². The number of hydrogen-bond acceptors (Lipinski definition) is 4. The Morgan fingerprint density at radius 3 is 2.50 bits per heavy atom. The van der Waals surface area contributed by atoms with E-state index in [1.165, 1.54) is 0 Å². The first-order valence-corrected chi connectivity index (χ1v) is 2.57. The van der Waals surface area contributed by atoms with Crippen molar-refractivity contribution in [3.05, 3.63) is 10.1 Å². The molecule has 0 aliphatic rings. The minimum Gasteiger partial charge on any atom is -0.481 e. The van der Waals surface area contributed by atoms with Crippen LogP contribution in [0.15, 0.2) is 0 Å². The van der Waals surface area contributed by atoms with Crippen molar-refractivity contribution in [2.24, 2.45) is 0 Å². The Morgan fingerprint density at radius 2 is 2.20 bits per heavy atom. The number of hydrogen-bond donors (Lipinski definition) is 2. The standard InChI is InChI=1S/C4H7NO5/c6-3(5(9)10)1-2-4(7)8/h3,6H,1-2H2,(H,7,8). The van der Waals surface area contributed by atoms with Gasteiger partial charge in [-0.05, 0) is 0 Å². The molecule has 2 N–H and O–H groups in total. The van der Waals surface area contributed by atoms with Crippen LogP contribution in [0.1, 0.15) is 12.8 Å². The zero-order valence-corrected chi connectivity index (χ0v) is 5.06. The van der Waals surface area contributed by atoms with Crippen LogP contribution in [-0.2, 0) is 4.79 Å². The minimum atomic E-state index is -1.75. The van der Waals surface area contributed by atoms with E-state index in [9.17, 15) is 14.9 Å². The Hall–Kier alpha value is -1.17. The predicted molar refractivity (Wildman–Crippen MR) is 29.9 cm³/mol. The molecule has 0 spiro atoms. The maximum Gasteiger partial charge on any atom is 0.313 e. The Kier molecular flexibility index (Phi) is 3.34. The van der Waals surface area contributed by atoms with Crippen LogP contribution in [0.2, 0.25) is 0 Å². The maximum absolute atomic E-state index is 9.79. The average Bonchev–Trinajstić information content (AvgIpc) is 1.82. The molecule has 0 amide bonds. The SMILES string of the molecule is O=C(O)CCC(O)[N+](=O)[O-]. The summed E-state index contributed by atoms with van der Waals surface area (Å²) in [5.41, 5.74) is 0. The number of rotatable bonds is 4. The van der Waals surface area contributed by atoms with Gasteiger partial charge in [0.15, 0.2) is 0 Å². The molecule has 0 saturated carbocycles. The largest absolute Gasteiger partial charge is 0.481 e. The normalized spacial score (nSPS) is 12.5. The molecule has 0 aliphatic carbocycles. The van der Waals surface area contributed by atoms with Gasteiger partial charge in [0.05, 0.1) is 17.8 Å². The Morgan fingerprint density at radius 1 is 1.70 bits per heavy atom. The van der Waals surface area contributed by atoms with Gasteiger partial charge in [-0.1, -0.05) is 0 Å². The van der Waals surface area contributed by atoms with E-state index in [1.54, 1.807) is 0 Å². The molecule has 10 heavy (non-hydrogen) atoms. The van der Waals surface area contributed by atoms with Crippen LogP contribution in [0.3, 0.4) is 0 Å². The van der Waals surface area contributed by atoms with Crippen LogP contribution in [0.25, 0.3) is 0 Å². The zero-order chi connectivity index (χ0) is 8.15. The first-order valence-electron chi connectivity index (χ1n) is 2.57. The third-order valence-corrected chi connectivity index (χ3v) is 0.860. The summed E-state index contributed by atoms with van der Waals surface area (Å²) in [4.78, 5) is 18.5. The highest BCUT2D eigenvalue weighted by molar-refractivity contribution is 5.66. The summed E-state index contributed by atoms with van der Waals surface area (Å²) in [5.74, 6) is -1.15. The van der Waals surface area contributed by atoms with Crippen LogP contribution in [0, 0.1) is 10.1 Å². The topological polar surface area (TPSA) is 101 Å². The van der Waals surface area contributed by atoms with E-state index < -0.39 is 17.1 Å². The van der Waals surface area contributed by atoms with Crippen molar-refractivity contribution < 1.29 is 19.9 Å². The number of nitrogens with zero attached hydrogens (tertiary/aromatic N) is 1. The number of carbonyl (C=O) groups is 1.